The highest BCUT2D eigenvalue weighted by atomic mass is 16.1. The molecule has 0 aromatic heterocycles. The van der Waals surface area contributed by atoms with Gasteiger partial charge in [0.15, 0.2) is 0 Å². The first-order valence-corrected chi connectivity index (χ1v) is 4.10. The topological polar surface area (TPSA) is 46.3 Å². The summed E-state index contributed by atoms with van der Waals surface area (Å²) in [5, 5.41) is 0. The minimum Gasteiger partial charge on any atom is -0.369 e. The van der Waals surface area contributed by atoms with Crippen LogP contribution in [-0.4, -0.2) is 30.4 Å². The van der Waals surface area contributed by atoms with Gasteiger partial charge in [-0.1, -0.05) is 13.8 Å². The van der Waals surface area contributed by atoms with Crippen LogP contribution in [0.15, 0.2) is 0 Å². The highest BCUT2D eigenvalue weighted by Crippen LogP contribution is 2.04. The minimum absolute atomic E-state index is 0.251. The summed E-state index contributed by atoms with van der Waals surface area (Å²) in [6.45, 7) is 4.60. The molecule has 3 heteroatoms. The number of rotatable bonds is 5. The van der Waals surface area contributed by atoms with E-state index in [-0.39, 0.29) is 5.91 Å². The van der Waals surface area contributed by atoms with Crippen LogP contribution in [0, 0.1) is 0 Å². The molecule has 66 valence electrons. The van der Waals surface area contributed by atoms with E-state index in [1.165, 1.54) is 0 Å². The summed E-state index contributed by atoms with van der Waals surface area (Å²) in [7, 11) is 1.93. The van der Waals surface area contributed by atoms with Gasteiger partial charge in [-0.15, -0.1) is 0 Å². The molecule has 0 aliphatic carbocycles. The second-order valence-corrected chi connectivity index (χ2v) is 2.85. The molecule has 0 atom stereocenters. The van der Waals surface area contributed by atoms with Crippen molar-refractivity contribution in [3.05, 3.63) is 0 Å². The average molecular weight is 158 g/mol. The van der Waals surface area contributed by atoms with Crippen LogP contribution in [0.4, 0.5) is 0 Å². The van der Waals surface area contributed by atoms with Crippen molar-refractivity contribution in [3.63, 3.8) is 0 Å². The Balaban J connectivity index is 3.78. The summed E-state index contributed by atoms with van der Waals surface area (Å²) in [5.41, 5.74) is 5.06. The Morgan fingerprint density at radius 3 is 2.18 bits per heavy atom. The summed E-state index contributed by atoms with van der Waals surface area (Å²) in [6, 6.07) is 0.488. The molecule has 0 rings (SSSR count). The molecule has 0 unspecified atom stereocenters. The second kappa shape index (κ2) is 5.13. The highest BCUT2D eigenvalue weighted by Gasteiger charge is 2.11. The number of primary amides is 1. The molecule has 0 bridgehead atoms. The summed E-state index contributed by atoms with van der Waals surface area (Å²) >= 11 is 0. The van der Waals surface area contributed by atoms with Crippen molar-refractivity contribution in [1.82, 2.24) is 4.90 Å². The molecule has 0 aromatic carbocycles. The predicted molar refractivity (Wildman–Crippen MR) is 46.2 cm³/mol. The lowest BCUT2D eigenvalue weighted by atomic mass is 10.1. The summed E-state index contributed by atoms with van der Waals surface area (Å²) < 4.78 is 0. The van der Waals surface area contributed by atoms with Gasteiger partial charge >= 0.3 is 0 Å². The molecular weight excluding hydrogens is 140 g/mol. The zero-order valence-electron chi connectivity index (χ0n) is 7.63. The first kappa shape index (κ1) is 10.4. The van der Waals surface area contributed by atoms with Crippen LogP contribution in [0.25, 0.3) is 0 Å². The van der Waals surface area contributed by atoms with Gasteiger partial charge < -0.3 is 5.73 Å². The Kier molecular flexibility index (Phi) is 4.86. The zero-order chi connectivity index (χ0) is 8.85. The monoisotopic (exact) mass is 158 g/mol. The smallest absolute Gasteiger partial charge is 0.231 e. The van der Waals surface area contributed by atoms with Crippen LogP contribution in [0.2, 0.25) is 0 Å². The van der Waals surface area contributed by atoms with Crippen molar-refractivity contribution in [3.8, 4) is 0 Å². The number of carbonyl (C=O) groups is 1. The lowest BCUT2D eigenvalue weighted by molar-refractivity contribution is -0.119. The number of hydrogen-bond acceptors (Lipinski definition) is 2. The maximum atomic E-state index is 10.5. The van der Waals surface area contributed by atoms with Crippen LogP contribution < -0.4 is 5.73 Å². The Morgan fingerprint density at radius 2 is 1.91 bits per heavy atom. The molecule has 11 heavy (non-hydrogen) atoms. The Labute approximate surface area is 68.6 Å². The number of amides is 1. The third-order valence-corrected chi connectivity index (χ3v) is 1.97. The molecule has 0 heterocycles. The van der Waals surface area contributed by atoms with Crippen LogP contribution in [0.1, 0.15) is 26.7 Å². The molecule has 2 N–H and O–H groups in total. The van der Waals surface area contributed by atoms with Gasteiger partial charge in [-0.25, -0.2) is 0 Å². The maximum absolute atomic E-state index is 10.5. The standard InChI is InChI=1S/C8H18N2O/c1-4-7(5-2)10(3)6-8(9)11/h7H,4-6H2,1-3H3,(H2,9,11). The Bertz CT molecular complexity index is 121. The van der Waals surface area contributed by atoms with Gasteiger partial charge in [0.1, 0.15) is 0 Å². The van der Waals surface area contributed by atoms with Gasteiger partial charge in [0.2, 0.25) is 5.91 Å². The van der Waals surface area contributed by atoms with Crippen molar-refractivity contribution in [2.24, 2.45) is 5.73 Å². The minimum atomic E-state index is -0.251. The predicted octanol–water partition coefficient (Wildman–Crippen LogP) is 0.592. The molecule has 0 saturated carbocycles. The summed E-state index contributed by atoms with van der Waals surface area (Å²) in [5.74, 6) is -0.251. The van der Waals surface area contributed by atoms with Gasteiger partial charge in [0.25, 0.3) is 0 Å². The second-order valence-electron chi connectivity index (χ2n) is 2.85. The van der Waals surface area contributed by atoms with Crippen molar-refractivity contribution in [2.75, 3.05) is 13.6 Å². The maximum Gasteiger partial charge on any atom is 0.231 e. The van der Waals surface area contributed by atoms with Crippen LogP contribution in [0.3, 0.4) is 0 Å². The lowest BCUT2D eigenvalue weighted by Gasteiger charge is -2.24. The largest absolute Gasteiger partial charge is 0.369 e. The highest BCUT2D eigenvalue weighted by molar-refractivity contribution is 5.75. The van der Waals surface area contributed by atoms with Crippen molar-refractivity contribution in [2.45, 2.75) is 32.7 Å². The summed E-state index contributed by atoms with van der Waals surface area (Å²) in [6.07, 6.45) is 2.14. The SMILES string of the molecule is CCC(CC)N(C)CC(N)=O. The van der Waals surface area contributed by atoms with E-state index in [9.17, 15) is 4.79 Å². The van der Waals surface area contributed by atoms with E-state index in [1.54, 1.807) is 0 Å². The molecule has 1 amide bonds. The van der Waals surface area contributed by atoms with Gasteiger partial charge in [-0.3, -0.25) is 9.69 Å². The van der Waals surface area contributed by atoms with E-state index < -0.39 is 0 Å². The van der Waals surface area contributed by atoms with Gasteiger partial charge in [0, 0.05) is 6.04 Å². The number of carbonyl (C=O) groups excluding carboxylic acids is 1. The first-order chi connectivity index (χ1) is 5.11. The third kappa shape index (κ3) is 3.98. The molecule has 3 nitrogen and oxygen atoms in total. The van der Waals surface area contributed by atoms with E-state index in [0.717, 1.165) is 12.8 Å². The normalized spacial score (nSPS) is 11.0. The van der Waals surface area contributed by atoms with Crippen LogP contribution in [0.5, 0.6) is 0 Å². The van der Waals surface area contributed by atoms with E-state index in [0.29, 0.717) is 12.6 Å². The molecule has 0 aliphatic heterocycles. The van der Waals surface area contributed by atoms with Gasteiger partial charge in [0.05, 0.1) is 6.54 Å². The fourth-order valence-corrected chi connectivity index (χ4v) is 1.29. The van der Waals surface area contributed by atoms with Gasteiger partial charge in [-0.05, 0) is 19.9 Å². The fourth-order valence-electron chi connectivity index (χ4n) is 1.29. The van der Waals surface area contributed by atoms with Crippen molar-refractivity contribution < 1.29 is 4.79 Å². The Morgan fingerprint density at radius 1 is 1.45 bits per heavy atom. The van der Waals surface area contributed by atoms with Crippen molar-refractivity contribution >= 4 is 5.91 Å². The van der Waals surface area contributed by atoms with Crippen LogP contribution in [-0.2, 0) is 4.79 Å². The first-order valence-electron chi connectivity index (χ1n) is 4.10. The molecule has 0 fully saturated rings. The third-order valence-electron chi connectivity index (χ3n) is 1.97. The molecule has 0 aromatic rings. The lowest BCUT2D eigenvalue weighted by Crippen LogP contribution is -2.37. The summed E-state index contributed by atoms with van der Waals surface area (Å²) in [4.78, 5) is 12.5. The molecular formula is C8H18N2O. The van der Waals surface area contributed by atoms with Crippen LogP contribution >= 0.6 is 0 Å². The van der Waals surface area contributed by atoms with E-state index in [4.69, 9.17) is 5.73 Å². The zero-order valence-corrected chi connectivity index (χ0v) is 7.63. The fraction of sp³-hybridized carbons (Fsp3) is 0.875. The number of nitrogens with zero attached hydrogens (tertiary/aromatic N) is 1. The number of likely N-dealkylation sites (N-methyl/N-ethyl adjacent to an activating group) is 1. The van der Waals surface area contributed by atoms with Gasteiger partial charge in [-0.2, -0.15) is 0 Å². The number of nitrogens with two attached hydrogens (primary N) is 1. The van der Waals surface area contributed by atoms with E-state index in [2.05, 4.69) is 13.8 Å². The Hall–Kier alpha value is -0.570. The average Bonchev–Trinajstić information content (AvgIpc) is 1.88. The molecule has 0 aliphatic rings. The number of hydrogen-bond donors (Lipinski definition) is 1. The molecule has 0 saturated heterocycles. The van der Waals surface area contributed by atoms with Crippen molar-refractivity contribution in [1.29, 1.82) is 0 Å². The quantitative estimate of drug-likeness (QED) is 0.636. The van der Waals surface area contributed by atoms with E-state index in [1.807, 2.05) is 11.9 Å². The molecule has 0 radical (unpaired) electrons. The van der Waals surface area contributed by atoms with E-state index >= 15 is 0 Å². The molecule has 0 spiro atoms.